The summed E-state index contributed by atoms with van der Waals surface area (Å²) >= 11 is 1.02. The standard InChI is InChI=1S/C11H16N4O3S/c16-10(17)6-12-4-8-2-1-3-15(7-8)11(18)9-5-13-19-14-9/h5,8,12H,1-4,6-7H2,(H,16,17). The van der Waals surface area contributed by atoms with Gasteiger partial charge in [-0.3, -0.25) is 9.59 Å². The highest BCUT2D eigenvalue weighted by Crippen LogP contribution is 2.17. The summed E-state index contributed by atoms with van der Waals surface area (Å²) in [6, 6.07) is 0. The van der Waals surface area contributed by atoms with E-state index in [-0.39, 0.29) is 12.5 Å². The quantitative estimate of drug-likeness (QED) is 0.794. The topological polar surface area (TPSA) is 95.4 Å². The highest BCUT2D eigenvalue weighted by Gasteiger charge is 2.25. The third-order valence-electron chi connectivity index (χ3n) is 3.10. The molecule has 1 saturated heterocycles. The van der Waals surface area contributed by atoms with Gasteiger partial charge in [0, 0.05) is 19.6 Å². The van der Waals surface area contributed by atoms with Crippen LogP contribution in [0.3, 0.4) is 0 Å². The van der Waals surface area contributed by atoms with Gasteiger partial charge in [0.05, 0.1) is 24.5 Å². The molecule has 1 fully saturated rings. The fraction of sp³-hybridized carbons (Fsp3) is 0.636. The fourth-order valence-electron chi connectivity index (χ4n) is 2.22. The summed E-state index contributed by atoms with van der Waals surface area (Å²) in [4.78, 5) is 24.3. The maximum Gasteiger partial charge on any atom is 0.317 e. The van der Waals surface area contributed by atoms with Crippen molar-refractivity contribution in [3.05, 3.63) is 11.9 Å². The SMILES string of the molecule is O=C(O)CNCC1CCCN(C(=O)c2cnsn2)C1. The first kappa shape index (κ1) is 13.9. The lowest BCUT2D eigenvalue weighted by atomic mass is 9.98. The molecule has 0 bridgehead atoms. The van der Waals surface area contributed by atoms with Crippen LogP contribution in [0.25, 0.3) is 0 Å². The Morgan fingerprint density at radius 2 is 2.42 bits per heavy atom. The minimum atomic E-state index is -0.864. The van der Waals surface area contributed by atoms with Crippen LogP contribution in [0, 0.1) is 5.92 Å². The Hall–Kier alpha value is -1.54. The number of hydrogen-bond donors (Lipinski definition) is 2. The second-order valence-electron chi connectivity index (χ2n) is 4.58. The number of nitrogens with one attached hydrogen (secondary N) is 1. The van der Waals surface area contributed by atoms with Crippen LogP contribution in [-0.4, -0.2) is 56.8 Å². The van der Waals surface area contributed by atoms with E-state index < -0.39 is 5.97 Å². The number of carbonyl (C=O) groups excluding carboxylic acids is 1. The van der Waals surface area contributed by atoms with Gasteiger partial charge < -0.3 is 15.3 Å². The number of aliphatic carboxylic acids is 1. The van der Waals surface area contributed by atoms with Crippen molar-refractivity contribution >= 4 is 23.6 Å². The van der Waals surface area contributed by atoms with E-state index in [4.69, 9.17) is 5.11 Å². The van der Waals surface area contributed by atoms with Gasteiger partial charge in [0.25, 0.3) is 5.91 Å². The van der Waals surface area contributed by atoms with E-state index in [1.165, 1.54) is 6.20 Å². The normalized spacial score (nSPS) is 19.4. The summed E-state index contributed by atoms with van der Waals surface area (Å²) in [5, 5.41) is 11.5. The largest absolute Gasteiger partial charge is 0.480 e. The molecule has 0 spiro atoms. The van der Waals surface area contributed by atoms with Crippen molar-refractivity contribution in [3.8, 4) is 0 Å². The molecule has 0 radical (unpaired) electrons. The third-order valence-corrected chi connectivity index (χ3v) is 3.57. The first-order valence-electron chi connectivity index (χ1n) is 6.16. The zero-order valence-electron chi connectivity index (χ0n) is 10.4. The average Bonchev–Trinajstić information content (AvgIpc) is 2.91. The fourth-order valence-corrected chi connectivity index (χ4v) is 2.63. The number of likely N-dealkylation sites (tertiary alicyclic amines) is 1. The van der Waals surface area contributed by atoms with E-state index in [1.807, 2.05) is 0 Å². The van der Waals surface area contributed by atoms with E-state index >= 15 is 0 Å². The first-order valence-corrected chi connectivity index (χ1v) is 6.89. The van der Waals surface area contributed by atoms with Crippen LogP contribution in [0.2, 0.25) is 0 Å². The van der Waals surface area contributed by atoms with Crippen molar-refractivity contribution in [2.75, 3.05) is 26.2 Å². The van der Waals surface area contributed by atoms with E-state index in [1.54, 1.807) is 4.90 Å². The molecule has 2 heterocycles. The second kappa shape index (κ2) is 6.58. The number of piperidine rings is 1. The van der Waals surface area contributed by atoms with Gasteiger partial charge in [0.15, 0.2) is 5.69 Å². The summed E-state index contributed by atoms with van der Waals surface area (Å²) in [5.74, 6) is -0.655. The summed E-state index contributed by atoms with van der Waals surface area (Å²) in [7, 11) is 0. The summed E-state index contributed by atoms with van der Waals surface area (Å²) in [5.41, 5.74) is 0.393. The molecule has 1 aromatic rings. The number of rotatable bonds is 5. The van der Waals surface area contributed by atoms with Gasteiger partial charge in [-0.05, 0) is 18.8 Å². The second-order valence-corrected chi connectivity index (χ2v) is 5.13. The Morgan fingerprint density at radius 3 is 3.11 bits per heavy atom. The molecule has 7 nitrogen and oxygen atoms in total. The van der Waals surface area contributed by atoms with Crippen molar-refractivity contribution in [1.82, 2.24) is 19.0 Å². The molecule has 1 amide bonds. The average molecular weight is 284 g/mol. The minimum absolute atomic E-state index is 0.0412. The molecule has 0 saturated carbocycles. The van der Waals surface area contributed by atoms with Crippen LogP contribution in [0.5, 0.6) is 0 Å². The zero-order chi connectivity index (χ0) is 13.7. The molecule has 1 unspecified atom stereocenters. The molecule has 0 aromatic carbocycles. The number of carbonyl (C=O) groups is 2. The molecular weight excluding hydrogens is 268 g/mol. The Kier molecular flexibility index (Phi) is 4.80. The molecular formula is C11H16N4O3S. The highest BCUT2D eigenvalue weighted by molar-refractivity contribution is 6.99. The number of hydrogen-bond acceptors (Lipinski definition) is 6. The molecule has 2 N–H and O–H groups in total. The zero-order valence-corrected chi connectivity index (χ0v) is 11.2. The number of nitrogens with zero attached hydrogens (tertiary/aromatic N) is 3. The van der Waals surface area contributed by atoms with Crippen LogP contribution >= 0.6 is 11.7 Å². The maximum atomic E-state index is 12.1. The van der Waals surface area contributed by atoms with Gasteiger partial charge in [-0.15, -0.1) is 0 Å². The van der Waals surface area contributed by atoms with Crippen LogP contribution in [0.1, 0.15) is 23.3 Å². The van der Waals surface area contributed by atoms with Crippen molar-refractivity contribution in [1.29, 1.82) is 0 Å². The Balaban J connectivity index is 1.83. The number of carboxylic acids is 1. The molecule has 2 rings (SSSR count). The Morgan fingerprint density at radius 1 is 1.58 bits per heavy atom. The van der Waals surface area contributed by atoms with E-state index in [0.29, 0.717) is 24.7 Å². The number of amides is 1. The molecule has 1 atom stereocenters. The van der Waals surface area contributed by atoms with Crippen molar-refractivity contribution < 1.29 is 14.7 Å². The molecule has 104 valence electrons. The van der Waals surface area contributed by atoms with Crippen LogP contribution in [-0.2, 0) is 4.79 Å². The summed E-state index contributed by atoms with van der Waals surface area (Å²) in [6.45, 7) is 1.95. The lowest BCUT2D eigenvalue weighted by molar-refractivity contribution is -0.136. The van der Waals surface area contributed by atoms with Crippen LogP contribution in [0.15, 0.2) is 6.20 Å². The predicted octanol–water partition coefficient (Wildman–Crippen LogP) is 0.0645. The van der Waals surface area contributed by atoms with Gasteiger partial charge >= 0.3 is 5.97 Å². The molecule has 1 aromatic heterocycles. The van der Waals surface area contributed by atoms with Gasteiger partial charge in [0.2, 0.25) is 0 Å². The molecule has 0 aliphatic carbocycles. The minimum Gasteiger partial charge on any atom is -0.480 e. The third kappa shape index (κ3) is 3.97. The van der Waals surface area contributed by atoms with Gasteiger partial charge in [-0.25, -0.2) is 0 Å². The molecule has 1 aliphatic rings. The van der Waals surface area contributed by atoms with Crippen molar-refractivity contribution in [2.24, 2.45) is 5.92 Å². The smallest absolute Gasteiger partial charge is 0.317 e. The molecule has 8 heteroatoms. The van der Waals surface area contributed by atoms with Crippen LogP contribution in [0.4, 0.5) is 0 Å². The molecule has 19 heavy (non-hydrogen) atoms. The number of carboxylic acid groups (broad SMARTS) is 1. The highest BCUT2D eigenvalue weighted by atomic mass is 32.1. The summed E-state index contributed by atoms with van der Waals surface area (Å²) < 4.78 is 7.78. The van der Waals surface area contributed by atoms with Gasteiger partial charge in [-0.2, -0.15) is 8.75 Å². The van der Waals surface area contributed by atoms with Crippen molar-refractivity contribution in [3.63, 3.8) is 0 Å². The van der Waals surface area contributed by atoms with Crippen LogP contribution < -0.4 is 5.32 Å². The predicted molar refractivity (Wildman–Crippen MR) is 69.0 cm³/mol. The number of aromatic nitrogens is 2. The van der Waals surface area contributed by atoms with E-state index in [9.17, 15) is 9.59 Å². The molecule has 1 aliphatic heterocycles. The van der Waals surface area contributed by atoms with Gasteiger partial charge in [-0.1, -0.05) is 0 Å². The Labute approximate surface area is 114 Å². The maximum absolute atomic E-state index is 12.1. The summed E-state index contributed by atoms with van der Waals surface area (Å²) in [6.07, 6.45) is 3.42. The van der Waals surface area contributed by atoms with E-state index in [2.05, 4.69) is 14.1 Å². The Bertz CT molecular complexity index is 437. The van der Waals surface area contributed by atoms with E-state index in [0.717, 1.165) is 31.1 Å². The van der Waals surface area contributed by atoms with Crippen molar-refractivity contribution in [2.45, 2.75) is 12.8 Å². The first-order chi connectivity index (χ1) is 9.16. The van der Waals surface area contributed by atoms with Gasteiger partial charge in [0.1, 0.15) is 0 Å². The lowest BCUT2D eigenvalue weighted by Gasteiger charge is -2.32. The lowest BCUT2D eigenvalue weighted by Crippen LogP contribution is -2.43. The monoisotopic (exact) mass is 284 g/mol.